The molecular formula is C9H8BrN3S. The van der Waals surface area contributed by atoms with Crippen molar-refractivity contribution in [3.05, 3.63) is 39.4 Å². The number of rotatable bonds is 3. The minimum Gasteiger partial charge on any atom is -0.364 e. The Morgan fingerprint density at radius 3 is 3.00 bits per heavy atom. The van der Waals surface area contributed by atoms with Crippen LogP contribution in [0.4, 0.5) is 5.82 Å². The summed E-state index contributed by atoms with van der Waals surface area (Å²) >= 11 is 5.12. The van der Waals surface area contributed by atoms with Gasteiger partial charge in [0.2, 0.25) is 0 Å². The quantitative estimate of drug-likeness (QED) is 0.931. The van der Waals surface area contributed by atoms with E-state index in [1.54, 1.807) is 29.9 Å². The normalized spacial score (nSPS) is 10.1. The lowest BCUT2D eigenvalue weighted by molar-refractivity contribution is 1.11. The van der Waals surface area contributed by atoms with E-state index in [1.807, 2.05) is 0 Å². The van der Waals surface area contributed by atoms with Crippen LogP contribution >= 0.6 is 27.3 Å². The topological polar surface area (TPSA) is 37.8 Å². The van der Waals surface area contributed by atoms with Crippen molar-refractivity contribution in [1.29, 1.82) is 0 Å². The van der Waals surface area contributed by atoms with Crippen molar-refractivity contribution in [3.63, 3.8) is 0 Å². The molecule has 0 spiro atoms. The zero-order chi connectivity index (χ0) is 9.80. The Morgan fingerprint density at radius 2 is 2.36 bits per heavy atom. The third-order valence-corrected chi connectivity index (χ3v) is 3.33. The van der Waals surface area contributed by atoms with Gasteiger partial charge in [-0.2, -0.15) is 0 Å². The zero-order valence-corrected chi connectivity index (χ0v) is 9.68. The van der Waals surface area contributed by atoms with Crippen LogP contribution in [0.5, 0.6) is 0 Å². The summed E-state index contributed by atoms with van der Waals surface area (Å²) in [4.78, 5) is 9.36. The molecule has 0 unspecified atom stereocenters. The minimum atomic E-state index is 0.787. The number of nitrogens with one attached hydrogen (secondary N) is 1. The Morgan fingerprint density at radius 1 is 1.43 bits per heavy atom. The number of aromatic nitrogens is 2. The molecule has 2 aromatic heterocycles. The molecule has 2 rings (SSSR count). The average Bonchev–Trinajstić information content (AvgIpc) is 2.63. The second-order valence-corrected chi connectivity index (χ2v) is 4.59. The molecule has 0 aliphatic carbocycles. The first-order valence-electron chi connectivity index (χ1n) is 4.07. The second kappa shape index (κ2) is 4.52. The maximum Gasteiger partial charge on any atom is 0.144 e. The molecule has 14 heavy (non-hydrogen) atoms. The summed E-state index contributed by atoms with van der Waals surface area (Å²) in [7, 11) is 0. The van der Waals surface area contributed by atoms with E-state index in [0.29, 0.717) is 0 Å². The van der Waals surface area contributed by atoms with Crippen LogP contribution in [0.25, 0.3) is 0 Å². The molecule has 0 amide bonds. The molecule has 2 aromatic rings. The van der Waals surface area contributed by atoms with Gasteiger partial charge in [-0.15, -0.1) is 11.3 Å². The van der Waals surface area contributed by atoms with Crippen LogP contribution in [-0.4, -0.2) is 9.97 Å². The summed E-state index contributed by atoms with van der Waals surface area (Å²) in [6.45, 7) is 0.787. The summed E-state index contributed by atoms with van der Waals surface area (Å²) in [5, 5.41) is 5.25. The molecule has 0 aliphatic heterocycles. The number of thiophene rings is 1. The van der Waals surface area contributed by atoms with Gasteiger partial charge >= 0.3 is 0 Å². The fourth-order valence-electron chi connectivity index (χ4n) is 1.01. The van der Waals surface area contributed by atoms with E-state index in [0.717, 1.165) is 16.8 Å². The van der Waals surface area contributed by atoms with Gasteiger partial charge in [-0.3, -0.25) is 4.98 Å². The molecule has 0 radical (unpaired) electrons. The van der Waals surface area contributed by atoms with Crippen molar-refractivity contribution >= 4 is 33.1 Å². The van der Waals surface area contributed by atoms with Crippen LogP contribution < -0.4 is 5.32 Å². The first-order valence-corrected chi connectivity index (χ1v) is 5.74. The zero-order valence-electron chi connectivity index (χ0n) is 7.27. The molecule has 0 saturated carbocycles. The van der Waals surface area contributed by atoms with Gasteiger partial charge in [-0.05, 0) is 22.0 Å². The lowest BCUT2D eigenvalue weighted by Gasteiger charge is -2.01. The first-order chi connectivity index (χ1) is 6.84. The van der Waals surface area contributed by atoms with Crippen LogP contribution in [0.15, 0.2) is 34.5 Å². The van der Waals surface area contributed by atoms with E-state index >= 15 is 0 Å². The van der Waals surface area contributed by atoms with E-state index < -0.39 is 0 Å². The van der Waals surface area contributed by atoms with Crippen LogP contribution in [0.2, 0.25) is 0 Å². The van der Waals surface area contributed by atoms with E-state index in [-0.39, 0.29) is 0 Å². The monoisotopic (exact) mass is 269 g/mol. The Balaban J connectivity index is 1.95. The maximum absolute atomic E-state index is 4.12. The molecule has 0 saturated heterocycles. The predicted octanol–water partition coefficient (Wildman–Crippen LogP) is 2.91. The van der Waals surface area contributed by atoms with Crippen LogP contribution in [0.1, 0.15) is 4.88 Å². The summed E-state index contributed by atoms with van der Waals surface area (Å²) in [5.74, 6) is 0.803. The van der Waals surface area contributed by atoms with Gasteiger partial charge in [-0.25, -0.2) is 4.98 Å². The predicted molar refractivity (Wildman–Crippen MR) is 61.4 cm³/mol. The fourth-order valence-corrected chi connectivity index (χ4v) is 2.41. The molecule has 0 atom stereocenters. The smallest absolute Gasteiger partial charge is 0.144 e. The Bertz CT molecular complexity index is 401. The second-order valence-electron chi connectivity index (χ2n) is 2.68. The van der Waals surface area contributed by atoms with Crippen molar-refractivity contribution in [2.75, 3.05) is 5.32 Å². The fraction of sp³-hybridized carbons (Fsp3) is 0.111. The molecule has 5 heteroatoms. The van der Waals surface area contributed by atoms with E-state index in [2.05, 4.69) is 42.7 Å². The number of hydrogen-bond donors (Lipinski definition) is 1. The van der Waals surface area contributed by atoms with E-state index in [9.17, 15) is 0 Å². The van der Waals surface area contributed by atoms with E-state index in [1.165, 1.54) is 4.88 Å². The highest BCUT2D eigenvalue weighted by atomic mass is 79.9. The maximum atomic E-state index is 4.12. The van der Waals surface area contributed by atoms with Gasteiger partial charge in [0.25, 0.3) is 0 Å². The van der Waals surface area contributed by atoms with Gasteiger partial charge in [0, 0.05) is 27.1 Å². The van der Waals surface area contributed by atoms with Crippen molar-refractivity contribution in [2.24, 2.45) is 0 Å². The molecule has 72 valence electrons. The van der Waals surface area contributed by atoms with Crippen LogP contribution in [0.3, 0.4) is 0 Å². The Kier molecular flexibility index (Phi) is 3.10. The van der Waals surface area contributed by atoms with Gasteiger partial charge < -0.3 is 5.32 Å². The highest BCUT2D eigenvalue weighted by Crippen LogP contribution is 2.20. The Labute approximate surface area is 94.4 Å². The van der Waals surface area contributed by atoms with Crippen molar-refractivity contribution in [2.45, 2.75) is 6.54 Å². The molecule has 2 heterocycles. The molecule has 3 nitrogen and oxygen atoms in total. The SMILES string of the molecule is Brc1csc(CNc2cnccn2)c1. The molecule has 0 fully saturated rings. The van der Waals surface area contributed by atoms with Gasteiger partial charge in [-0.1, -0.05) is 0 Å². The summed E-state index contributed by atoms with van der Waals surface area (Å²) in [5.41, 5.74) is 0. The lowest BCUT2D eigenvalue weighted by atomic mass is 10.4. The standard InChI is InChI=1S/C9H8BrN3S/c10-7-3-8(14-6-7)4-13-9-5-11-1-2-12-9/h1-3,5-6H,4H2,(H,12,13). The number of halogens is 1. The molecular weight excluding hydrogens is 262 g/mol. The highest BCUT2D eigenvalue weighted by Gasteiger charge is 1.97. The van der Waals surface area contributed by atoms with Gasteiger partial charge in [0.15, 0.2) is 0 Å². The number of hydrogen-bond acceptors (Lipinski definition) is 4. The average molecular weight is 270 g/mol. The number of nitrogens with zero attached hydrogens (tertiary/aromatic N) is 2. The third-order valence-electron chi connectivity index (χ3n) is 1.63. The van der Waals surface area contributed by atoms with Crippen molar-refractivity contribution in [1.82, 2.24) is 9.97 Å². The molecule has 0 bridgehead atoms. The molecule has 0 aromatic carbocycles. The summed E-state index contributed by atoms with van der Waals surface area (Å²) in [6, 6.07) is 2.09. The largest absolute Gasteiger partial charge is 0.364 e. The summed E-state index contributed by atoms with van der Waals surface area (Å²) < 4.78 is 1.12. The van der Waals surface area contributed by atoms with Gasteiger partial charge in [0.05, 0.1) is 12.7 Å². The number of anilines is 1. The lowest BCUT2D eigenvalue weighted by Crippen LogP contribution is -1.99. The van der Waals surface area contributed by atoms with E-state index in [4.69, 9.17) is 0 Å². The Hall–Kier alpha value is -0.940. The highest BCUT2D eigenvalue weighted by molar-refractivity contribution is 9.10. The molecule has 1 N–H and O–H groups in total. The summed E-state index contributed by atoms with van der Waals surface area (Å²) in [6.07, 6.45) is 5.04. The minimum absolute atomic E-state index is 0.787. The van der Waals surface area contributed by atoms with Crippen molar-refractivity contribution in [3.8, 4) is 0 Å². The van der Waals surface area contributed by atoms with Crippen molar-refractivity contribution < 1.29 is 0 Å². The first kappa shape index (κ1) is 9.61. The van der Waals surface area contributed by atoms with Crippen LogP contribution in [0, 0.1) is 0 Å². The third kappa shape index (κ3) is 2.52. The van der Waals surface area contributed by atoms with Gasteiger partial charge in [0.1, 0.15) is 5.82 Å². The molecule has 0 aliphatic rings. The van der Waals surface area contributed by atoms with Crippen LogP contribution in [-0.2, 0) is 6.54 Å².